The van der Waals surface area contributed by atoms with Crippen LogP contribution in [0.1, 0.15) is 13.3 Å². The summed E-state index contributed by atoms with van der Waals surface area (Å²) in [5.41, 5.74) is 0. The highest BCUT2D eigenvalue weighted by molar-refractivity contribution is 5.76. The third-order valence-electron chi connectivity index (χ3n) is 1.63. The molecule has 0 radical (unpaired) electrons. The molecule has 5 heteroatoms. The molecule has 2 amide bonds. The van der Waals surface area contributed by atoms with Crippen LogP contribution < -0.4 is 0 Å². The molecular formula is C7H12N2O3. The summed E-state index contributed by atoms with van der Waals surface area (Å²) < 4.78 is 0. The monoisotopic (exact) mass is 172 g/mol. The summed E-state index contributed by atoms with van der Waals surface area (Å²) in [6, 6.07) is -0.253. The Morgan fingerprint density at radius 3 is 2.75 bits per heavy atom. The number of amides is 2. The van der Waals surface area contributed by atoms with E-state index in [-0.39, 0.29) is 6.03 Å². The van der Waals surface area contributed by atoms with Crippen molar-refractivity contribution in [3.63, 3.8) is 0 Å². The summed E-state index contributed by atoms with van der Waals surface area (Å²) in [5.74, 6) is -0.460. The van der Waals surface area contributed by atoms with Gasteiger partial charge in [0, 0.05) is 20.5 Å². The minimum Gasteiger partial charge on any atom is -0.337 e. The summed E-state index contributed by atoms with van der Waals surface area (Å²) >= 11 is 0. The fraction of sp³-hybridized carbons (Fsp3) is 0.714. The second-order valence-corrected chi connectivity index (χ2v) is 2.74. The summed E-state index contributed by atoms with van der Waals surface area (Å²) in [4.78, 5) is 28.0. The van der Waals surface area contributed by atoms with Crippen LogP contribution in [0.4, 0.5) is 4.79 Å². The first kappa shape index (κ1) is 8.83. The molecular weight excluding hydrogens is 160 g/mol. The van der Waals surface area contributed by atoms with Crippen molar-refractivity contribution in [2.75, 3.05) is 20.1 Å². The van der Waals surface area contributed by atoms with E-state index in [1.165, 1.54) is 11.8 Å². The number of nitrogens with zero attached hydrogens (tertiary/aromatic N) is 2. The highest BCUT2D eigenvalue weighted by Crippen LogP contribution is 2.06. The van der Waals surface area contributed by atoms with Crippen LogP contribution in [-0.4, -0.2) is 42.1 Å². The van der Waals surface area contributed by atoms with Crippen molar-refractivity contribution >= 4 is 12.0 Å². The molecule has 0 bridgehead atoms. The molecule has 0 saturated carbocycles. The van der Waals surface area contributed by atoms with Gasteiger partial charge in [-0.1, -0.05) is 0 Å². The number of carbonyl (C=O) groups is 2. The fourth-order valence-electron chi connectivity index (χ4n) is 1.07. The lowest BCUT2D eigenvalue weighted by atomic mass is 10.3. The van der Waals surface area contributed by atoms with Gasteiger partial charge in [0.15, 0.2) is 0 Å². The van der Waals surface area contributed by atoms with E-state index in [1.54, 1.807) is 7.05 Å². The lowest BCUT2D eigenvalue weighted by Crippen LogP contribution is -2.47. The average Bonchev–Trinajstić information content (AvgIpc) is 1.98. The van der Waals surface area contributed by atoms with Gasteiger partial charge < -0.3 is 9.74 Å². The van der Waals surface area contributed by atoms with Crippen LogP contribution in [0.25, 0.3) is 0 Å². The maximum absolute atomic E-state index is 11.2. The molecule has 12 heavy (non-hydrogen) atoms. The Hall–Kier alpha value is -1.26. The van der Waals surface area contributed by atoms with Gasteiger partial charge >= 0.3 is 12.0 Å². The van der Waals surface area contributed by atoms with Crippen LogP contribution in [0, 0.1) is 0 Å². The largest absolute Gasteiger partial charge is 0.352 e. The topological polar surface area (TPSA) is 49.9 Å². The highest BCUT2D eigenvalue weighted by Gasteiger charge is 2.24. The summed E-state index contributed by atoms with van der Waals surface area (Å²) in [5, 5.41) is 1.09. The third-order valence-corrected chi connectivity index (χ3v) is 1.63. The minimum atomic E-state index is -0.460. The highest BCUT2D eigenvalue weighted by atomic mass is 16.7. The van der Waals surface area contributed by atoms with E-state index in [1.807, 2.05) is 0 Å². The van der Waals surface area contributed by atoms with Crippen molar-refractivity contribution < 1.29 is 14.4 Å². The van der Waals surface area contributed by atoms with Gasteiger partial charge in [-0.3, -0.25) is 4.79 Å². The van der Waals surface area contributed by atoms with Gasteiger partial charge in [0.05, 0.1) is 6.54 Å². The van der Waals surface area contributed by atoms with Crippen molar-refractivity contribution in [2.45, 2.75) is 13.3 Å². The predicted octanol–water partition coefficient (Wildman–Crippen LogP) is 0.222. The van der Waals surface area contributed by atoms with Gasteiger partial charge in [-0.15, -0.1) is 0 Å². The Kier molecular flexibility index (Phi) is 2.52. The first-order valence-corrected chi connectivity index (χ1v) is 3.82. The minimum absolute atomic E-state index is 0.253. The normalized spacial score (nSPS) is 18.0. The Morgan fingerprint density at radius 2 is 2.17 bits per heavy atom. The van der Waals surface area contributed by atoms with Crippen molar-refractivity contribution in [3.05, 3.63) is 0 Å². The number of rotatable bonds is 1. The maximum Gasteiger partial charge on any atom is 0.352 e. The Labute approximate surface area is 70.8 Å². The van der Waals surface area contributed by atoms with Crippen LogP contribution in [0.2, 0.25) is 0 Å². The van der Waals surface area contributed by atoms with Crippen LogP contribution in [-0.2, 0) is 9.63 Å². The van der Waals surface area contributed by atoms with E-state index >= 15 is 0 Å². The van der Waals surface area contributed by atoms with Crippen LogP contribution in [0.5, 0.6) is 0 Å². The summed E-state index contributed by atoms with van der Waals surface area (Å²) in [6.07, 6.45) is 0.829. The second-order valence-electron chi connectivity index (χ2n) is 2.74. The van der Waals surface area contributed by atoms with E-state index in [0.717, 1.165) is 18.0 Å². The smallest absolute Gasteiger partial charge is 0.337 e. The molecule has 1 heterocycles. The molecule has 0 aromatic carbocycles. The molecule has 0 aliphatic carbocycles. The zero-order valence-corrected chi connectivity index (χ0v) is 7.24. The first-order valence-electron chi connectivity index (χ1n) is 3.82. The van der Waals surface area contributed by atoms with Crippen molar-refractivity contribution in [3.8, 4) is 0 Å². The molecule has 1 fully saturated rings. The Balaban J connectivity index is 2.52. The first-order chi connectivity index (χ1) is 5.61. The molecule has 0 aromatic rings. The van der Waals surface area contributed by atoms with Gasteiger partial charge in [0.25, 0.3) is 0 Å². The third kappa shape index (κ3) is 1.87. The van der Waals surface area contributed by atoms with Gasteiger partial charge in [0.1, 0.15) is 0 Å². The molecule has 68 valence electrons. The Bertz CT molecular complexity index is 205. The van der Waals surface area contributed by atoms with Crippen LogP contribution in [0.15, 0.2) is 0 Å². The Morgan fingerprint density at radius 1 is 1.50 bits per heavy atom. The van der Waals surface area contributed by atoms with Crippen molar-refractivity contribution in [2.24, 2.45) is 0 Å². The SMILES string of the molecule is CC(=O)ON1CCCN(C)C1=O. The van der Waals surface area contributed by atoms with Crippen molar-refractivity contribution in [1.82, 2.24) is 9.96 Å². The van der Waals surface area contributed by atoms with Crippen LogP contribution in [0.3, 0.4) is 0 Å². The molecule has 0 N–H and O–H groups in total. The molecule has 0 aromatic heterocycles. The second kappa shape index (κ2) is 3.42. The molecule has 5 nitrogen and oxygen atoms in total. The van der Waals surface area contributed by atoms with Crippen molar-refractivity contribution in [1.29, 1.82) is 0 Å². The molecule has 1 saturated heterocycles. The zero-order chi connectivity index (χ0) is 9.14. The van der Waals surface area contributed by atoms with E-state index in [4.69, 9.17) is 0 Å². The number of carbonyl (C=O) groups excluding carboxylic acids is 2. The molecule has 1 rings (SSSR count). The van der Waals surface area contributed by atoms with Gasteiger partial charge in [-0.2, -0.15) is 5.06 Å². The van der Waals surface area contributed by atoms with E-state index < -0.39 is 5.97 Å². The molecule has 0 unspecified atom stereocenters. The fourth-order valence-corrected chi connectivity index (χ4v) is 1.07. The molecule has 1 aliphatic rings. The van der Waals surface area contributed by atoms with E-state index in [9.17, 15) is 9.59 Å². The number of hydrogen-bond donors (Lipinski definition) is 0. The standard InChI is InChI=1S/C7H12N2O3/c1-6(10)12-9-5-3-4-8(2)7(9)11/h3-5H2,1-2H3. The lowest BCUT2D eigenvalue weighted by Gasteiger charge is -2.30. The average molecular weight is 172 g/mol. The van der Waals surface area contributed by atoms with Gasteiger partial charge in [0.2, 0.25) is 0 Å². The van der Waals surface area contributed by atoms with Gasteiger partial charge in [-0.05, 0) is 6.42 Å². The molecule has 0 spiro atoms. The molecule has 1 aliphatic heterocycles. The predicted molar refractivity (Wildman–Crippen MR) is 41.1 cm³/mol. The zero-order valence-electron chi connectivity index (χ0n) is 7.24. The number of hydrogen-bond acceptors (Lipinski definition) is 3. The van der Waals surface area contributed by atoms with Crippen LogP contribution >= 0.6 is 0 Å². The summed E-state index contributed by atoms with van der Waals surface area (Å²) in [6.45, 7) is 2.49. The number of hydroxylamine groups is 2. The maximum atomic E-state index is 11.2. The summed E-state index contributed by atoms with van der Waals surface area (Å²) in [7, 11) is 1.68. The van der Waals surface area contributed by atoms with E-state index in [0.29, 0.717) is 6.54 Å². The van der Waals surface area contributed by atoms with E-state index in [2.05, 4.69) is 4.84 Å². The molecule has 0 atom stereocenters. The number of urea groups is 1. The lowest BCUT2D eigenvalue weighted by molar-refractivity contribution is -0.178. The van der Waals surface area contributed by atoms with Gasteiger partial charge in [-0.25, -0.2) is 4.79 Å². The quantitative estimate of drug-likeness (QED) is 0.568.